The average molecular weight is 273 g/mol. The van der Waals surface area contributed by atoms with Gasteiger partial charge in [0, 0.05) is 5.69 Å². The van der Waals surface area contributed by atoms with Gasteiger partial charge in [-0.25, -0.2) is 8.78 Å². The van der Waals surface area contributed by atoms with E-state index < -0.39 is 0 Å². The Labute approximate surface area is 117 Å². The lowest BCUT2D eigenvalue weighted by Crippen LogP contribution is -2.13. The van der Waals surface area contributed by atoms with Crippen molar-refractivity contribution in [3.05, 3.63) is 65.2 Å². The normalized spacial score (nSPS) is 15.9. The second-order valence-electron chi connectivity index (χ2n) is 5.47. The predicted octanol–water partition coefficient (Wildman–Crippen LogP) is 4.84. The summed E-state index contributed by atoms with van der Waals surface area (Å²) in [6.45, 7) is 1.75. The van der Waals surface area contributed by atoms with Crippen LogP contribution < -0.4 is 5.32 Å². The largest absolute Gasteiger partial charge is 0.378 e. The number of hydrogen-bond acceptors (Lipinski definition) is 1. The van der Waals surface area contributed by atoms with E-state index in [2.05, 4.69) is 5.32 Å². The molecule has 0 amide bonds. The first kappa shape index (κ1) is 13.1. The van der Waals surface area contributed by atoms with Gasteiger partial charge in [-0.2, -0.15) is 0 Å². The maximum absolute atomic E-state index is 13.6. The van der Waals surface area contributed by atoms with Gasteiger partial charge in [0.2, 0.25) is 0 Å². The van der Waals surface area contributed by atoms with Gasteiger partial charge in [-0.15, -0.1) is 0 Å². The van der Waals surface area contributed by atoms with Gasteiger partial charge in [0.25, 0.3) is 0 Å². The molecule has 0 radical (unpaired) electrons. The van der Waals surface area contributed by atoms with Crippen molar-refractivity contribution >= 4 is 5.69 Å². The lowest BCUT2D eigenvalue weighted by atomic mass is 10.0. The number of rotatable bonds is 4. The molecule has 104 valence electrons. The highest BCUT2D eigenvalue weighted by Gasteiger charge is 2.32. The molecule has 0 aromatic heterocycles. The lowest BCUT2D eigenvalue weighted by Gasteiger charge is -2.20. The molecule has 3 heteroatoms. The van der Waals surface area contributed by atoms with Crippen LogP contribution in [-0.4, -0.2) is 0 Å². The van der Waals surface area contributed by atoms with Crippen molar-refractivity contribution in [2.45, 2.75) is 25.8 Å². The van der Waals surface area contributed by atoms with Crippen LogP contribution in [-0.2, 0) is 0 Å². The highest BCUT2D eigenvalue weighted by molar-refractivity contribution is 5.48. The third-order valence-electron chi connectivity index (χ3n) is 3.82. The summed E-state index contributed by atoms with van der Waals surface area (Å²) in [7, 11) is 0. The molecular weight excluding hydrogens is 256 g/mol. The quantitative estimate of drug-likeness (QED) is 0.840. The van der Waals surface area contributed by atoms with E-state index >= 15 is 0 Å². The Kier molecular flexibility index (Phi) is 3.43. The summed E-state index contributed by atoms with van der Waals surface area (Å²) in [5.74, 6) is 0.109. The highest BCUT2D eigenvalue weighted by atomic mass is 19.1. The zero-order chi connectivity index (χ0) is 14.1. The molecular formula is C17H17F2N. The molecule has 3 rings (SSSR count). The lowest BCUT2D eigenvalue weighted by molar-refractivity contribution is 0.616. The van der Waals surface area contributed by atoms with E-state index in [4.69, 9.17) is 0 Å². The highest BCUT2D eigenvalue weighted by Crippen LogP contribution is 2.43. The van der Waals surface area contributed by atoms with E-state index in [0.29, 0.717) is 11.5 Å². The Hall–Kier alpha value is -1.90. The molecule has 0 heterocycles. The first-order chi connectivity index (χ1) is 9.63. The first-order valence-electron chi connectivity index (χ1n) is 6.91. The maximum Gasteiger partial charge on any atom is 0.128 e. The van der Waals surface area contributed by atoms with Crippen molar-refractivity contribution in [1.29, 1.82) is 0 Å². The molecule has 1 nitrogen and oxygen atoms in total. The zero-order valence-electron chi connectivity index (χ0n) is 11.4. The molecule has 1 unspecified atom stereocenters. The van der Waals surface area contributed by atoms with Crippen LogP contribution in [0.1, 0.15) is 30.0 Å². The van der Waals surface area contributed by atoms with Crippen LogP contribution in [0.2, 0.25) is 0 Å². The minimum Gasteiger partial charge on any atom is -0.378 e. The summed E-state index contributed by atoms with van der Waals surface area (Å²) >= 11 is 0. The van der Waals surface area contributed by atoms with Crippen LogP contribution in [0.25, 0.3) is 0 Å². The van der Waals surface area contributed by atoms with Crippen molar-refractivity contribution in [1.82, 2.24) is 0 Å². The Bertz CT molecular complexity index is 603. The first-order valence-corrected chi connectivity index (χ1v) is 6.91. The van der Waals surface area contributed by atoms with Crippen molar-refractivity contribution in [2.24, 2.45) is 5.92 Å². The molecule has 1 fully saturated rings. The molecule has 1 N–H and O–H groups in total. The minimum atomic E-state index is -0.232. The third-order valence-corrected chi connectivity index (χ3v) is 3.82. The fourth-order valence-electron chi connectivity index (χ4n) is 2.44. The molecule has 1 aliphatic rings. The van der Waals surface area contributed by atoms with E-state index in [1.807, 2.05) is 6.07 Å². The smallest absolute Gasteiger partial charge is 0.128 e. The fraction of sp³-hybridized carbons (Fsp3) is 0.294. The van der Waals surface area contributed by atoms with Gasteiger partial charge in [-0.3, -0.25) is 0 Å². The van der Waals surface area contributed by atoms with Crippen LogP contribution in [0.4, 0.5) is 14.5 Å². The van der Waals surface area contributed by atoms with Gasteiger partial charge < -0.3 is 5.32 Å². The summed E-state index contributed by atoms with van der Waals surface area (Å²) in [4.78, 5) is 0. The molecule has 20 heavy (non-hydrogen) atoms. The number of aryl methyl sites for hydroxylation is 1. The van der Waals surface area contributed by atoms with Crippen LogP contribution in [0.3, 0.4) is 0 Å². The van der Waals surface area contributed by atoms with Gasteiger partial charge in [0.15, 0.2) is 0 Å². The second-order valence-corrected chi connectivity index (χ2v) is 5.47. The Morgan fingerprint density at radius 2 is 1.75 bits per heavy atom. The van der Waals surface area contributed by atoms with E-state index in [1.54, 1.807) is 25.1 Å². The predicted molar refractivity (Wildman–Crippen MR) is 76.6 cm³/mol. The molecule has 1 aliphatic carbocycles. The number of nitrogens with one attached hydrogen (secondary N) is 1. The minimum absolute atomic E-state index is 0.123. The Morgan fingerprint density at radius 1 is 1.05 bits per heavy atom. The van der Waals surface area contributed by atoms with E-state index in [9.17, 15) is 8.78 Å². The maximum atomic E-state index is 13.6. The van der Waals surface area contributed by atoms with Crippen molar-refractivity contribution in [3.8, 4) is 0 Å². The summed E-state index contributed by atoms with van der Waals surface area (Å²) in [5.41, 5.74) is 2.46. The van der Waals surface area contributed by atoms with Crippen molar-refractivity contribution in [3.63, 3.8) is 0 Å². The molecule has 2 aromatic rings. The van der Waals surface area contributed by atoms with Crippen LogP contribution >= 0.6 is 0 Å². The standard InChI is InChI=1S/C17H17F2N/c1-11-2-9-15(10-16(11)19)20-17(12-3-4-12)13-5-7-14(18)8-6-13/h2,5-10,12,17,20H,3-4H2,1H3. The Morgan fingerprint density at radius 3 is 2.35 bits per heavy atom. The number of hydrogen-bond donors (Lipinski definition) is 1. The summed E-state index contributed by atoms with van der Waals surface area (Å²) in [6.07, 6.45) is 2.31. The third kappa shape index (κ3) is 2.82. The van der Waals surface area contributed by atoms with Crippen molar-refractivity contribution < 1.29 is 8.78 Å². The number of benzene rings is 2. The molecule has 0 saturated heterocycles. The summed E-state index contributed by atoms with van der Waals surface area (Å²) in [5, 5.41) is 3.38. The topological polar surface area (TPSA) is 12.0 Å². The van der Waals surface area contributed by atoms with Gasteiger partial charge in [-0.1, -0.05) is 18.2 Å². The average Bonchev–Trinajstić information content (AvgIpc) is 3.26. The zero-order valence-corrected chi connectivity index (χ0v) is 11.4. The Balaban J connectivity index is 1.84. The molecule has 2 aromatic carbocycles. The van der Waals surface area contributed by atoms with Crippen molar-refractivity contribution in [2.75, 3.05) is 5.32 Å². The summed E-state index contributed by atoms with van der Waals surface area (Å²) in [6, 6.07) is 11.9. The van der Waals surface area contributed by atoms with Gasteiger partial charge in [0.05, 0.1) is 6.04 Å². The van der Waals surface area contributed by atoms with Gasteiger partial charge in [0.1, 0.15) is 11.6 Å². The summed E-state index contributed by atoms with van der Waals surface area (Å²) < 4.78 is 26.6. The molecule has 0 spiro atoms. The number of anilines is 1. The molecule has 0 bridgehead atoms. The SMILES string of the molecule is Cc1ccc(NC(c2ccc(F)cc2)C2CC2)cc1F. The van der Waals surface area contributed by atoms with Gasteiger partial charge >= 0.3 is 0 Å². The van der Waals surface area contributed by atoms with Crippen LogP contribution in [0.5, 0.6) is 0 Å². The second kappa shape index (κ2) is 5.23. The van der Waals surface area contributed by atoms with Crippen LogP contribution in [0.15, 0.2) is 42.5 Å². The van der Waals surface area contributed by atoms with Gasteiger partial charge in [-0.05, 0) is 61.1 Å². The number of halogens is 2. The van der Waals surface area contributed by atoms with E-state index in [-0.39, 0.29) is 17.7 Å². The van der Waals surface area contributed by atoms with E-state index in [0.717, 1.165) is 24.1 Å². The monoisotopic (exact) mass is 273 g/mol. The fourth-order valence-corrected chi connectivity index (χ4v) is 2.44. The molecule has 0 aliphatic heterocycles. The van der Waals surface area contributed by atoms with Crippen LogP contribution in [0, 0.1) is 24.5 Å². The molecule has 1 atom stereocenters. The molecule has 1 saturated carbocycles. The van der Waals surface area contributed by atoms with E-state index in [1.165, 1.54) is 18.2 Å².